The quantitative estimate of drug-likeness (QED) is 0.508. The van der Waals surface area contributed by atoms with Gasteiger partial charge in [-0.3, -0.25) is 4.79 Å². The molecule has 3 unspecified atom stereocenters. The first-order chi connectivity index (χ1) is 8.69. The summed E-state index contributed by atoms with van der Waals surface area (Å²) in [6.45, 7) is 4.80. The van der Waals surface area contributed by atoms with Gasteiger partial charge in [0.2, 0.25) is 0 Å². The van der Waals surface area contributed by atoms with Crippen molar-refractivity contribution in [3.63, 3.8) is 0 Å². The van der Waals surface area contributed by atoms with Crippen LogP contribution >= 0.6 is 0 Å². The van der Waals surface area contributed by atoms with Crippen LogP contribution in [-0.4, -0.2) is 23.8 Å². The van der Waals surface area contributed by atoms with Gasteiger partial charge in [-0.25, -0.2) is 0 Å². The van der Waals surface area contributed by atoms with Gasteiger partial charge in [0.25, 0.3) is 0 Å². The first-order valence-corrected chi connectivity index (χ1v) is 7.51. The summed E-state index contributed by atoms with van der Waals surface area (Å²) in [4.78, 5) is 11.9. The molecule has 1 saturated carbocycles. The minimum Gasteiger partial charge on any atom is -0.368 e. The van der Waals surface area contributed by atoms with Gasteiger partial charge in [0.1, 0.15) is 5.78 Å². The molecule has 0 spiro atoms. The number of rotatable bonds is 9. The summed E-state index contributed by atoms with van der Waals surface area (Å²) in [6, 6.07) is 0. The van der Waals surface area contributed by atoms with Crippen molar-refractivity contribution < 1.29 is 14.6 Å². The lowest BCUT2D eigenvalue weighted by Crippen LogP contribution is -2.22. The lowest BCUT2D eigenvalue weighted by molar-refractivity contribution is -0.125. The van der Waals surface area contributed by atoms with E-state index < -0.39 is 6.29 Å². The highest BCUT2D eigenvalue weighted by molar-refractivity contribution is 5.83. The number of hydrogen-bond acceptors (Lipinski definition) is 3. The zero-order valence-electron chi connectivity index (χ0n) is 11.9. The van der Waals surface area contributed by atoms with Crippen molar-refractivity contribution in [1.82, 2.24) is 0 Å². The summed E-state index contributed by atoms with van der Waals surface area (Å²) in [5.41, 5.74) is 0. The Hall–Kier alpha value is -0.410. The van der Waals surface area contributed by atoms with Crippen molar-refractivity contribution in [2.24, 2.45) is 11.8 Å². The number of ether oxygens (including phenoxy) is 1. The van der Waals surface area contributed by atoms with Crippen LogP contribution in [0.2, 0.25) is 0 Å². The summed E-state index contributed by atoms with van der Waals surface area (Å²) >= 11 is 0. The van der Waals surface area contributed by atoms with Gasteiger partial charge in [-0.05, 0) is 25.2 Å². The summed E-state index contributed by atoms with van der Waals surface area (Å²) in [5.74, 6) is 0.913. The predicted molar refractivity (Wildman–Crippen MR) is 72.2 cm³/mol. The average Bonchev–Trinajstić information content (AvgIpc) is 2.69. The zero-order chi connectivity index (χ0) is 13.4. The number of aliphatic hydroxyl groups is 1. The number of carbonyl (C=O) groups excluding carboxylic acids is 1. The van der Waals surface area contributed by atoms with Crippen molar-refractivity contribution >= 4 is 5.78 Å². The molecule has 1 aliphatic carbocycles. The van der Waals surface area contributed by atoms with Crippen LogP contribution in [0.4, 0.5) is 0 Å². The van der Waals surface area contributed by atoms with E-state index in [0.717, 1.165) is 25.7 Å². The standard InChI is InChI=1S/C15H28O3/c1-3-5-6-7-13-12(8-9-14(13)16)11-15(17)18-10-4-2/h12-13,15,17H,3-11H2,1-2H3. The highest BCUT2D eigenvalue weighted by atomic mass is 16.6. The van der Waals surface area contributed by atoms with Crippen LogP contribution in [0.15, 0.2) is 0 Å². The molecule has 3 heteroatoms. The zero-order valence-corrected chi connectivity index (χ0v) is 11.9. The number of aliphatic hydroxyl groups excluding tert-OH is 1. The maximum Gasteiger partial charge on any atom is 0.154 e. The van der Waals surface area contributed by atoms with Gasteiger partial charge < -0.3 is 9.84 Å². The molecule has 3 atom stereocenters. The van der Waals surface area contributed by atoms with E-state index >= 15 is 0 Å². The van der Waals surface area contributed by atoms with Crippen molar-refractivity contribution in [2.75, 3.05) is 6.61 Å². The van der Waals surface area contributed by atoms with Crippen molar-refractivity contribution in [3.05, 3.63) is 0 Å². The first kappa shape index (κ1) is 15.6. The molecule has 3 nitrogen and oxygen atoms in total. The molecule has 1 N–H and O–H groups in total. The Kier molecular flexibility index (Phi) is 7.52. The van der Waals surface area contributed by atoms with E-state index in [1.807, 2.05) is 6.92 Å². The van der Waals surface area contributed by atoms with Gasteiger partial charge >= 0.3 is 0 Å². The number of ketones is 1. The van der Waals surface area contributed by atoms with Crippen molar-refractivity contribution in [2.45, 2.75) is 71.5 Å². The molecule has 1 aliphatic rings. The maximum atomic E-state index is 11.9. The van der Waals surface area contributed by atoms with Crippen molar-refractivity contribution in [3.8, 4) is 0 Å². The van der Waals surface area contributed by atoms with Crippen LogP contribution < -0.4 is 0 Å². The molecule has 0 radical (unpaired) electrons. The molecule has 0 aromatic heterocycles. The number of Topliss-reactive ketones (excluding diaryl/α,β-unsaturated/α-hetero) is 1. The predicted octanol–water partition coefficient (Wildman–Crippen LogP) is 3.30. The Bertz CT molecular complexity index is 240. The van der Waals surface area contributed by atoms with Crippen LogP contribution in [0, 0.1) is 11.8 Å². The highest BCUT2D eigenvalue weighted by Crippen LogP contribution is 2.35. The minimum absolute atomic E-state index is 0.177. The molecule has 0 aromatic rings. The van der Waals surface area contributed by atoms with Gasteiger partial charge in [0.15, 0.2) is 6.29 Å². The fourth-order valence-electron chi connectivity index (χ4n) is 2.85. The van der Waals surface area contributed by atoms with Gasteiger partial charge in [-0.2, -0.15) is 0 Å². The first-order valence-electron chi connectivity index (χ1n) is 7.51. The Morgan fingerprint density at radius 3 is 2.78 bits per heavy atom. The fourth-order valence-corrected chi connectivity index (χ4v) is 2.85. The van der Waals surface area contributed by atoms with Gasteiger partial charge in [-0.15, -0.1) is 0 Å². The Balaban J connectivity index is 2.35. The molecule has 1 fully saturated rings. The largest absolute Gasteiger partial charge is 0.368 e. The molecule has 18 heavy (non-hydrogen) atoms. The van der Waals surface area contributed by atoms with E-state index in [4.69, 9.17) is 4.74 Å². The van der Waals surface area contributed by atoms with Crippen LogP contribution in [-0.2, 0) is 9.53 Å². The number of hydrogen-bond donors (Lipinski definition) is 1. The maximum absolute atomic E-state index is 11.9. The highest BCUT2D eigenvalue weighted by Gasteiger charge is 2.35. The Morgan fingerprint density at radius 1 is 1.33 bits per heavy atom. The second kappa shape index (κ2) is 8.65. The summed E-state index contributed by atoms with van der Waals surface area (Å²) in [7, 11) is 0. The van der Waals surface area contributed by atoms with Crippen LogP contribution in [0.25, 0.3) is 0 Å². The van der Waals surface area contributed by atoms with Crippen LogP contribution in [0.5, 0.6) is 0 Å². The summed E-state index contributed by atoms with van der Waals surface area (Å²) < 4.78 is 5.31. The molecule has 0 aromatic carbocycles. The molecule has 0 bridgehead atoms. The average molecular weight is 256 g/mol. The van der Waals surface area contributed by atoms with Crippen molar-refractivity contribution in [1.29, 1.82) is 0 Å². The molecular weight excluding hydrogens is 228 g/mol. The smallest absolute Gasteiger partial charge is 0.154 e. The van der Waals surface area contributed by atoms with E-state index in [1.54, 1.807) is 0 Å². The second-order valence-electron chi connectivity index (χ2n) is 5.43. The van der Waals surface area contributed by atoms with E-state index in [0.29, 0.717) is 31.1 Å². The Morgan fingerprint density at radius 2 is 2.11 bits per heavy atom. The SMILES string of the molecule is CCCCCC1C(=O)CCC1CC(O)OCCC. The van der Waals surface area contributed by atoms with Crippen LogP contribution in [0.1, 0.15) is 65.2 Å². The third kappa shape index (κ3) is 5.07. The van der Waals surface area contributed by atoms with Gasteiger partial charge in [0.05, 0.1) is 0 Å². The second-order valence-corrected chi connectivity index (χ2v) is 5.43. The number of unbranched alkanes of at least 4 members (excludes halogenated alkanes) is 2. The van der Waals surface area contributed by atoms with E-state index in [9.17, 15) is 9.90 Å². The minimum atomic E-state index is -0.686. The molecule has 106 valence electrons. The molecule has 0 heterocycles. The van der Waals surface area contributed by atoms with E-state index in [-0.39, 0.29) is 5.92 Å². The normalized spacial score (nSPS) is 25.6. The molecule has 0 saturated heterocycles. The summed E-state index contributed by atoms with van der Waals surface area (Å²) in [5, 5.41) is 9.78. The van der Waals surface area contributed by atoms with E-state index in [1.165, 1.54) is 12.8 Å². The Labute approximate surface area is 111 Å². The molecular formula is C15H28O3. The lowest BCUT2D eigenvalue weighted by atomic mass is 9.88. The monoisotopic (exact) mass is 256 g/mol. The third-order valence-corrected chi connectivity index (χ3v) is 3.88. The van der Waals surface area contributed by atoms with Crippen LogP contribution in [0.3, 0.4) is 0 Å². The lowest BCUT2D eigenvalue weighted by Gasteiger charge is -2.21. The molecule has 0 amide bonds. The van der Waals surface area contributed by atoms with Gasteiger partial charge in [-0.1, -0.05) is 33.1 Å². The molecule has 0 aliphatic heterocycles. The third-order valence-electron chi connectivity index (χ3n) is 3.88. The fraction of sp³-hybridized carbons (Fsp3) is 0.933. The number of carbonyl (C=O) groups is 1. The molecule has 1 rings (SSSR count). The van der Waals surface area contributed by atoms with E-state index in [2.05, 4.69) is 6.92 Å². The van der Waals surface area contributed by atoms with Gasteiger partial charge in [0, 0.05) is 25.4 Å². The summed E-state index contributed by atoms with van der Waals surface area (Å²) in [6.07, 6.45) is 7.01. The topological polar surface area (TPSA) is 46.5 Å².